The Morgan fingerprint density at radius 2 is 2.05 bits per heavy atom. The molecule has 6 heteroatoms. The third kappa shape index (κ3) is 2.28. The maximum absolute atomic E-state index is 13.6. The Labute approximate surface area is 122 Å². The maximum Gasteiger partial charge on any atom is 0.245 e. The fourth-order valence-electron chi connectivity index (χ4n) is 2.01. The first-order valence-electron chi connectivity index (χ1n) is 5.88. The van der Waals surface area contributed by atoms with Gasteiger partial charge in [0.1, 0.15) is 11.8 Å². The summed E-state index contributed by atoms with van der Waals surface area (Å²) in [5.74, 6) is -0.191. The van der Waals surface area contributed by atoms with Crippen LogP contribution in [-0.4, -0.2) is 5.91 Å². The van der Waals surface area contributed by atoms with E-state index in [9.17, 15) is 9.18 Å². The molecule has 0 bridgehead atoms. The van der Waals surface area contributed by atoms with Gasteiger partial charge in [-0.2, -0.15) is 0 Å². The topological polar surface area (TPSA) is 64.4 Å². The highest BCUT2D eigenvalue weighted by molar-refractivity contribution is 9.10. The molecule has 0 saturated carbocycles. The first-order valence-corrected chi connectivity index (χ1v) is 6.67. The maximum atomic E-state index is 13.6. The van der Waals surface area contributed by atoms with E-state index in [0.29, 0.717) is 21.5 Å². The molecular formula is C14H10BrFN2O2. The minimum atomic E-state index is -0.665. The highest BCUT2D eigenvalue weighted by atomic mass is 79.9. The lowest BCUT2D eigenvalue weighted by Gasteiger charge is -2.09. The molecule has 1 unspecified atom stereocenters. The number of ether oxygens (including phenoxy) is 1. The molecule has 1 aliphatic rings. The fraction of sp³-hybridized carbons (Fsp3) is 0.0714. The third-order valence-corrected chi connectivity index (χ3v) is 3.51. The van der Waals surface area contributed by atoms with Crippen LogP contribution in [-0.2, 0) is 4.79 Å². The van der Waals surface area contributed by atoms with Gasteiger partial charge in [0.05, 0.1) is 0 Å². The lowest BCUT2D eigenvalue weighted by Crippen LogP contribution is -2.19. The number of nitrogens with two attached hydrogens (primary N) is 1. The Morgan fingerprint density at radius 1 is 1.25 bits per heavy atom. The molecule has 2 aromatic carbocycles. The number of halogens is 2. The van der Waals surface area contributed by atoms with Gasteiger partial charge in [-0.1, -0.05) is 22.0 Å². The number of nitrogens with one attached hydrogen (secondary N) is 1. The standard InChI is InChI=1S/C14H10BrFN2O2/c15-7-1-4-10(16)12(5-7)20-8-2-3-9-11(6-8)18-14(19)13(9)17/h1-6,13H,17H2,(H,18,19). The molecule has 0 spiro atoms. The number of hydrogen-bond acceptors (Lipinski definition) is 3. The molecule has 1 aliphatic heterocycles. The number of carbonyl (C=O) groups excluding carboxylic acids is 1. The monoisotopic (exact) mass is 336 g/mol. The first kappa shape index (κ1) is 13.1. The molecule has 0 saturated heterocycles. The summed E-state index contributed by atoms with van der Waals surface area (Å²) in [5, 5.41) is 2.65. The number of hydrogen-bond donors (Lipinski definition) is 2. The molecule has 102 valence electrons. The quantitative estimate of drug-likeness (QED) is 0.884. The smallest absolute Gasteiger partial charge is 0.245 e. The van der Waals surface area contributed by atoms with Gasteiger partial charge in [-0.15, -0.1) is 0 Å². The summed E-state index contributed by atoms with van der Waals surface area (Å²) in [6.07, 6.45) is 0. The van der Waals surface area contributed by atoms with Gasteiger partial charge < -0.3 is 15.8 Å². The molecule has 1 heterocycles. The largest absolute Gasteiger partial charge is 0.454 e. The average Bonchev–Trinajstić information content (AvgIpc) is 2.69. The van der Waals surface area contributed by atoms with Crippen LogP contribution in [0.2, 0.25) is 0 Å². The number of carbonyl (C=O) groups is 1. The van der Waals surface area contributed by atoms with E-state index in [1.807, 2.05) is 0 Å². The second kappa shape index (κ2) is 4.88. The fourth-order valence-corrected chi connectivity index (χ4v) is 2.35. The van der Waals surface area contributed by atoms with E-state index < -0.39 is 11.9 Å². The number of rotatable bonds is 2. The van der Waals surface area contributed by atoms with Crippen molar-refractivity contribution >= 4 is 27.5 Å². The molecule has 3 N–H and O–H groups in total. The second-order valence-electron chi connectivity index (χ2n) is 4.39. The molecule has 20 heavy (non-hydrogen) atoms. The van der Waals surface area contributed by atoms with E-state index in [1.165, 1.54) is 12.1 Å². The van der Waals surface area contributed by atoms with E-state index in [2.05, 4.69) is 21.2 Å². The Kier molecular flexibility index (Phi) is 3.19. The lowest BCUT2D eigenvalue weighted by molar-refractivity contribution is -0.116. The molecule has 4 nitrogen and oxygen atoms in total. The number of anilines is 1. The van der Waals surface area contributed by atoms with E-state index in [-0.39, 0.29) is 11.7 Å². The van der Waals surface area contributed by atoms with E-state index in [4.69, 9.17) is 10.5 Å². The predicted molar refractivity (Wildman–Crippen MR) is 76.2 cm³/mol. The van der Waals surface area contributed by atoms with Gasteiger partial charge >= 0.3 is 0 Å². The Balaban J connectivity index is 1.92. The number of fused-ring (bicyclic) bond motifs is 1. The summed E-state index contributed by atoms with van der Waals surface area (Å²) < 4.78 is 19.8. The highest BCUT2D eigenvalue weighted by Crippen LogP contribution is 2.35. The van der Waals surface area contributed by atoms with Crippen molar-refractivity contribution in [1.82, 2.24) is 0 Å². The van der Waals surface area contributed by atoms with E-state index in [0.717, 1.165) is 0 Å². The van der Waals surface area contributed by atoms with Gasteiger partial charge in [0.15, 0.2) is 11.6 Å². The predicted octanol–water partition coefficient (Wildman–Crippen LogP) is 3.33. The van der Waals surface area contributed by atoms with Gasteiger partial charge in [0, 0.05) is 21.8 Å². The van der Waals surface area contributed by atoms with Crippen LogP contribution in [0.5, 0.6) is 11.5 Å². The number of amides is 1. The van der Waals surface area contributed by atoms with Gasteiger partial charge in [-0.25, -0.2) is 4.39 Å². The van der Waals surface area contributed by atoms with E-state index in [1.54, 1.807) is 24.3 Å². The van der Waals surface area contributed by atoms with Crippen LogP contribution in [0.4, 0.5) is 10.1 Å². The summed E-state index contributed by atoms with van der Waals surface area (Å²) in [6.45, 7) is 0. The molecule has 0 radical (unpaired) electrons. The lowest BCUT2D eigenvalue weighted by atomic mass is 10.1. The SMILES string of the molecule is NC1C(=O)Nc2cc(Oc3cc(Br)ccc3F)ccc21. The van der Waals surface area contributed by atoms with Crippen molar-refractivity contribution in [2.24, 2.45) is 5.73 Å². The molecule has 1 amide bonds. The molecule has 3 rings (SSSR count). The van der Waals surface area contributed by atoms with Crippen molar-refractivity contribution < 1.29 is 13.9 Å². The van der Waals surface area contributed by atoms with Gasteiger partial charge in [-0.05, 0) is 24.3 Å². The van der Waals surface area contributed by atoms with Crippen LogP contribution in [0, 0.1) is 5.82 Å². The first-order chi connectivity index (χ1) is 9.54. The van der Waals surface area contributed by atoms with Crippen molar-refractivity contribution in [2.45, 2.75) is 6.04 Å². The zero-order valence-corrected chi connectivity index (χ0v) is 11.8. The van der Waals surface area contributed by atoms with Crippen LogP contribution < -0.4 is 15.8 Å². The van der Waals surface area contributed by atoms with Crippen molar-refractivity contribution in [3.63, 3.8) is 0 Å². The van der Waals surface area contributed by atoms with Crippen LogP contribution in [0.3, 0.4) is 0 Å². The summed E-state index contributed by atoms with van der Waals surface area (Å²) >= 11 is 3.25. The Morgan fingerprint density at radius 3 is 2.85 bits per heavy atom. The molecule has 0 aliphatic carbocycles. The van der Waals surface area contributed by atoms with Crippen molar-refractivity contribution in [1.29, 1.82) is 0 Å². The minimum Gasteiger partial charge on any atom is -0.454 e. The zero-order chi connectivity index (χ0) is 14.3. The van der Waals surface area contributed by atoms with Crippen LogP contribution in [0.1, 0.15) is 11.6 Å². The highest BCUT2D eigenvalue weighted by Gasteiger charge is 2.27. The molecule has 2 aromatic rings. The van der Waals surface area contributed by atoms with Crippen LogP contribution in [0.25, 0.3) is 0 Å². The molecule has 0 fully saturated rings. The van der Waals surface area contributed by atoms with Crippen molar-refractivity contribution in [3.05, 3.63) is 52.3 Å². The Bertz CT molecular complexity index is 706. The van der Waals surface area contributed by atoms with Gasteiger partial charge in [-0.3, -0.25) is 4.79 Å². The zero-order valence-electron chi connectivity index (χ0n) is 10.2. The van der Waals surface area contributed by atoms with Crippen molar-refractivity contribution in [2.75, 3.05) is 5.32 Å². The summed E-state index contributed by atoms with van der Waals surface area (Å²) in [6, 6.07) is 8.74. The van der Waals surface area contributed by atoms with Gasteiger partial charge in [0.2, 0.25) is 5.91 Å². The summed E-state index contributed by atoms with van der Waals surface area (Å²) in [4.78, 5) is 11.5. The van der Waals surface area contributed by atoms with Crippen LogP contribution in [0.15, 0.2) is 40.9 Å². The van der Waals surface area contributed by atoms with Crippen LogP contribution >= 0.6 is 15.9 Å². The molecule has 1 atom stereocenters. The summed E-state index contributed by atoms with van der Waals surface area (Å²) in [5.41, 5.74) is 7.02. The van der Waals surface area contributed by atoms with E-state index >= 15 is 0 Å². The minimum absolute atomic E-state index is 0.105. The Hall–Kier alpha value is -1.92. The third-order valence-electron chi connectivity index (χ3n) is 3.02. The summed E-state index contributed by atoms with van der Waals surface area (Å²) in [7, 11) is 0. The molecular weight excluding hydrogens is 327 g/mol. The molecule has 0 aromatic heterocycles. The van der Waals surface area contributed by atoms with Gasteiger partial charge in [0.25, 0.3) is 0 Å². The second-order valence-corrected chi connectivity index (χ2v) is 5.31. The average molecular weight is 337 g/mol. The normalized spacial score (nSPS) is 16.8. The van der Waals surface area contributed by atoms with Crippen molar-refractivity contribution in [3.8, 4) is 11.5 Å². The number of benzene rings is 2.